The van der Waals surface area contributed by atoms with E-state index in [2.05, 4.69) is 9.97 Å². The number of nitrogens with zero attached hydrogens (tertiary/aromatic N) is 4. The largest absolute Gasteiger partial charge is 0.338 e. The van der Waals surface area contributed by atoms with E-state index < -0.39 is 5.60 Å². The van der Waals surface area contributed by atoms with Crippen molar-refractivity contribution in [1.82, 2.24) is 14.9 Å². The van der Waals surface area contributed by atoms with Gasteiger partial charge in [-0.1, -0.05) is 18.2 Å². The minimum Gasteiger partial charge on any atom is -0.338 e. The summed E-state index contributed by atoms with van der Waals surface area (Å²) in [5.74, 6) is 0.294. The number of fused-ring (bicyclic) bond motifs is 1. The van der Waals surface area contributed by atoms with E-state index in [0.29, 0.717) is 24.6 Å². The highest BCUT2D eigenvalue weighted by Crippen LogP contribution is 2.47. The summed E-state index contributed by atoms with van der Waals surface area (Å²) in [6.07, 6.45) is 4.70. The summed E-state index contributed by atoms with van der Waals surface area (Å²) in [5.41, 5.74) is 0.718. The van der Waals surface area contributed by atoms with E-state index in [4.69, 9.17) is 4.74 Å². The molecule has 1 aromatic carbocycles. The summed E-state index contributed by atoms with van der Waals surface area (Å²) in [7, 11) is 0. The van der Waals surface area contributed by atoms with Crippen LogP contribution in [0.5, 0.6) is 0 Å². The molecule has 26 heavy (non-hydrogen) atoms. The average Bonchev–Trinajstić information content (AvgIpc) is 3.13. The number of carbonyl (C=O) groups is 1. The molecule has 7 heteroatoms. The fourth-order valence-electron chi connectivity index (χ4n) is 4.23. The van der Waals surface area contributed by atoms with Gasteiger partial charge in [-0.3, -0.25) is 4.79 Å². The molecular weight excluding hydrogens is 335 g/mol. The minimum absolute atomic E-state index is 0.0448. The van der Waals surface area contributed by atoms with E-state index in [1.165, 1.54) is 6.07 Å². The fraction of sp³-hybridized carbons (Fsp3) is 0.421. The smallest absolute Gasteiger partial charge is 0.261 e. The van der Waals surface area contributed by atoms with Crippen LogP contribution in [0, 0.1) is 12.7 Å². The Morgan fingerprint density at radius 1 is 1.19 bits per heavy atom. The Bertz CT molecular complexity index is 866. The van der Waals surface area contributed by atoms with Crippen LogP contribution in [0.25, 0.3) is 0 Å². The lowest BCUT2D eigenvalue weighted by Crippen LogP contribution is -2.67. The Morgan fingerprint density at radius 2 is 1.92 bits per heavy atom. The number of rotatable bonds is 2. The van der Waals surface area contributed by atoms with E-state index in [1.54, 1.807) is 29.4 Å². The number of halogens is 1. The Hall–Kier alpha value is -2.54. The maximum Gasteiger partial charge on any atom is 0.261 e. The van der Waals surface area contributed by atoms with Gasteiger partial charge in [0.25, 0.3) is 5.91 Å². The molecule has 3 aliphatic heterocycles. The highest BCUT2D eigenvalue weighted by Gasteiger charge is 2.63. The van der Waals surface area contributed by atoms with Crippen molar-refractivity contribution in [3.05, 3.63) is 53.6 Å². The first-order valence-electron chi connectivity index (χ1n) is 8.86. The normalized spacial score (nSPS) is 26.3. The molecule has 0 unspecified atom stereocenters. The van der Waals surface area contributed by atoms with Crippen molar-refractivity contribution in [2.45, 2.75) is 37.6 Å². The maximum atomic E-state index is 14.2. The van der Waals surface area contributed by atoms with Crippen LogP contribution in [0.3, 0.4) is 0 Å². The number of aromatic nitrogens is 2. The number of anilines is 1. The molecular formula is C19H19FN4O2. The minimum atomic E-state index is -0.844. The SMILES string of the molecule is Cc1cnc(N2CC3(C2)O[C@@H]2CC[C@@H](c4ccccc4F)N2C3=O)nc1. The van der Waals surface area contributed by atoms with Crippen LogP contribution in [0.2, 0.25) is 0 Å². The standard InChI is InChI=1S/C19H19FN4O2/c1-12-8-21-18(22-9-12)23-10-19(11-23)17(25)24-15(6-7-16(24)26-19)13-4-2-3-5-14(13)20/h2-5,8-9,15-16H,6-7,10-11H2,1H3/t15-,16+/m0/s1. The monoisotopic (exact) mass is 354 g/mol. The first kappa shape index (κ1) is 15.7. The molecule has 0 radical (unpaired) electrons. The number of hydrogen-bond acceptors (Lipinski definition) is 5. The lowest BCUT2D eigenvalue weighted by Gasteiger charge is -2.45. The summed E-state index contributed by atoms with van der Waals surface area (Å²) in [6, 6.07) is 6.43. The lowest BCUT2D eigenvalue weighted by molar-refractivity contribution is -0.141. The lowest BCUT2D eigenvalue weighted by atomic mass is 9.92. The van der Waals surface area contributed by atoms with Gasteiger partial charge in [-0.25, -0.2) is 14.4 Å². The molecule has 0 N–H and O–H groups in total. The van der Waals surface area contributed by atoms with E-state index >= 15 is 0 Å². The molecule has 0 bridgehead atoms. The second-order valence-corrected chi connectivity index (χ2v) is 7.31. The molecule has 1 amide bonds. The number of amides is 1. The Kier molecular flexibility index (Phi) is 3.31. The van der Waals surface area contributed by atoms with Gasteiger partial charge < -0.3 is 14.5 Å². The van der Waals surface area contributed by atoms with Crippen LogP contribution in [0.4, 0.5) is 10.3 Å². The van der Waals surface area contributed by atoms with E-state index in [0.717, 1.165) is 18.4 Å². The number of carbonyl (C=O) groups excluding carboxylic acids is 1. The van der Waals surface area contributed by atoms with E-state index in [1.807, 2.05) is 17.9 Å². The van der Waals surface area contributed by atoms with Crippen LogP contribution in [-0.2, 0) is 9.53 Å². The first-order chi connectivity index (χ1) is 12.6. The molecule has 1 spiro atoms. The van der Waals surface area contributed by atoms with Crippen LogP contribution < -0.4 is 4.90 Å². The van der Waals surface area contributed by atoms with Crippen molar-refractivity contribution in [1.29, 1.82) is 0 Å². The molecule has 5 rings (SSSR count). The third-order valence-corrected chi connectivity index (χ3v) is 5.53. The quantitative estimate of drug-likeness (QED) is 0.828. The fourth-order valence-corrected chi connectivity index (χ4v) is 4.23. The molecule has 2 aromatic rings. The van der Waals surface area contributed by atoms with Crippen molar-refractivity contribution < 1.29 is 13.9 Å². The van der Waals surface area contributed by atoms with Crippen molar-refractivity contribution in [3.8, 4) is 0 Å². The summed E-state index contributed by atoms with van der Waals surface area (Å²) in [4.78, 5) is 25.4. The average molecular weight is 354 g/mol. The summed E-state index contributed by atoms with van der Waals surface area (Å²) in [5, 5.41) is 0. The highest BCUT2D eigenvalue weighted by atomic mass is 19.1. The molecule has 3 fully saturated rings. The van der Waals surface area contributed by atoms with Gasteiger partial charge >= 0.3 is 0 Å². The summed E-state index contributed by atoms with van der Waals surface area (Å²) in [6.45, 7) is 2.81. The van der Waals surface area contributed by atoms with Crippen LogP contribution >= 0.6 is 0 Å². The first-order valence-corrected chi connectivity index (χ1v) is 8.86. The van der Waals surface area contributed by atoms with Gasteiger partial charge in [0.15, 0.2) is 5.60 Å². The van der Waals surface area contributed by atoms with E-state index in [9.17, 15) is 9.18 Å². The third kappa shape index (κ3) is 2.16. The predicted octanol–water partition coefficient (Wildman–Crippen LogP) is 2.20. The molecule has 1 aromatic heterocycles. The van der Waals surface area contributed by atoms with Gasteiger partial charge in [0.05, 0.1) is 19.1 Å². The Morgan fingerprint density at radius 3 is 2.65 bits per heavy atom. The molecule has 3 aliphatic rings. The zero-order valence-corrected chi connectivity index (χ0v) is 14.4. The molecule has 3 saturated heterocycles. The Balaban J connectivity index is 1.37. The van der Waals surface area contributed by atoms with Crippen molar-refractivity contribution in [2.24, 2.45) is 0 Å². The number of hydrogen-bond donors (Lipinski definition) is 0. The van der Waals surface area contributed by atoms with Gasteiger partial charge in [-0.05, 0) is 31.4 Å². The van der Waals surface area contributed by atoms with Gasteiger partial charge in [-0.15, -0.1) is 0 Å². The highest BCUT2D eigenvalue weighted by molar-refractivity contribution is 5.91. The zero-order chi connectivity index (χ0) is 17.9. The van der Waals surface area contributed by atoms with Gasteiger partial charge in [0, 0.05) is 18.0 Å². The molecule has 2 atom stereocenters. The number of ether oxygens (including phenoxy) is 1. The zero-order valence-electron chi connectivity index (χ0n) is 14.4. The van der Waals surface area contributed by atoms with Crippen LogP contribution in [0.1, 0.15) is 30.0 Å². The number of benzene rings is 1. The Labute approximate surface area is 150 Å². The number of aryl methyl sites for hydroxylation is 1. The van der Waals surface area contributed by atoms with Crippen LogP contribution in [-0.4, -0.2) is 45.7 Å². The molecule has 134 valence electrons. The van der Waals surface area contributed by atoms with Gasteiger partial charge in [-0.2, -0.15) is 0 Å². The van der Waals surface area contributed by atoms with Crippen molar-refractivity contribution >= 4 is 11.9 Å². The summed E-state index contributed by atoms with van der Waals surface area (Å²) >= 11 is 0. The second-order valence-electron chi connectivity index (χ2n) is 7.31. The van der Waals surface area contributed by atoms with Crippen molar-refractivity contribution in [2.75, 3.05) is 18.0 Å². The predicted molar refractivity (Wildman–Crippen MR) is 91.8 cm³/mol. The molecule has 6 nitrogen and oxygen atoms in total. The third-order valence-electron chi connectivity index (χ3n) is 5.53. The molecule has 0 saturated carbocycles. The van der Waals surface area contributed by atoms with Crippen LogP contribution in [0.15, 0.2) is 36.7 Å². The topological polar surface area (TPSA) is 58.6 Å². The van der Waals surface area contributed by atoms with E-state index in [-0.39, 0.29) is 24.0 Å². The van der Waals surface area contributed by atoms with Gasteiger partial charge in [0.2, 0.25) is 5.95 Å². The molecule has 4 heterocycles. The maximum absolute atomic E-state index is 14.2. The second kappa shape index (κ2) is 5.48. The van der Waals surface area contributed by atoms with Gasteiger partial charge in [0.1, 0.15) is 12.0 Å². The molecule has 0 aliphatic carbocycles. The van der Waals surface area contributed by atoms with Crippen molar-refractivity contribution in [3.63, 3.8) is 0 Å². The summed E-state index contributed by atoms with van der Waals surface area (Å²) < 4.78 is 20.4.